The minimum atomic E-state index is 0.261. The van der Waals surface area contributed by atoms with Gasteiger partial charge in [-0.25, -0.2) is 0 Å². The van der Waals surface area contributed by atoms with Crippen LogP contribution in [0.2, 0.25) is 0 Å². The van der Waals surface area contributed by atoms with Crippen molar-refractivity contribution in [1.29, 1.82) is 5.26 Å². The molecule has 0 aliphatic carbocycles. The first-order chi connectivity index (χ1) is 5.92. The van der Waals surface area contributed by atoms with E-state index in [0.717, 1.165) is 0 Å². The first-order valence-electron chi connectivity index (χ1n) is 4.03. The number of epoxide rings is 1. The van der Waals surface area contributed by atoms with E-state index in [4.69, 9.17) is 5.26 Å². The monoisotopic (exact) mass is 160 g/mol. The lowest BCUT2D eigenvalue weighted by molar-refractivity contribution is 0.172. The van der Waals surface area contributed by atoms with Crippen LogP contribution in [0.3, 0.4) is 0 Å². The number of ether oxygens (including phenoxy) is 1. The number of rotatable bonds is 2. The minimum Gasteiger partial charge on any atom is -0.413 e. The molecule has 1 aromatic rings. The van der Waals surface area contributed by atoms with Crippen LogP contribution < -0.4 is 0 Å². The predicted octanol–water partition coefficient (Wildman–Crippen LogP) is 1.55. The third-order valence-electron chi connectivity index (χ3n) is 2.07. The molecule has 1 N–H and O–H groups in total. The molecule has 1 aliphatic rings. The molecule has 1 aliphatic heterocycles. The van der Waals surface area contributed by atoms with Gasteiger partial charge in [-0.2, -0.15) is 5.26 Å². The van der Waals surface area contributed by atoms with Crippen molar-refractivity contribution in [2.45, 2.75) is 18.6 Å². The molecule has 0 saturated carbocycles. The first-order valence-corrected chi connectivity index (χ1v) is 4.03. The van der Waals surface area contributed by atoms with E-state index in [1.165, 1.54) is 5.56 Å². The van der Waals surface area contributed by atoms with Gasteiger partial charge in [0.05, 0.1) is 6.07 Å². The molecular weight excluding hydrogens is 150 g/mol. The summed E-state index contributed by atoms with van der Waals surface area (Å²) in [5, 5.41) is 8.43. The highest BCUT2D eigenvalue weighted by molar-refractivity contribution is 5.22. The summed E-state index contributed by atoms with van der Waals surface area (Å²) >= 11 is 0. The topological polar surface area (TPSA) is 36.6 Å². The Bertz CT molecular complexity index is 301. The highest BCUT2D eigenvalue weighted by Crippen LogP contribution is 2.36. The van der Waals surface area contributed by atoms with Crippen molar-refractivity contribution >= 4 is 0 Å². The Hall–Kier alpha value is -1.33. The van der Waals surface area contributed by atoms with E-state index in [1.54, 1.807) is 0 Å². The van der Waals surface area contributed by atoms with Gasteiger partial charge < -0.3 is 4.74 Å². The van der Waals surface area contributed by atoms with Gasteiger partial charge in [-0.15, -0.1) is 0 Å². The largest absolute Gasteiger partial charge is 0.413 e. The van der Waals surface area contributed by atoms with Crippen molar-refractivity contribution in [1.82, 2.24) is 0 Å². The molecule has 1 aromatic carbocycles. The highest BCUT2D eigenvalue weighted by Gasteiger charge is 2.48. The Balaban J connectivity index is 2.03. The van der Waals surface area contributed by atoms with E-state index in [9.17, 15) is 0 Å². The van der Waals surface area contributed by atoms with Gasteiger partial charge in [0.2, 0.25) is 6.10 Å². The van der Waals surface area contributed by atoms with Crippen molar-refractivity contribution in [3.05, 3.63) is 35.9 Å². The van der Waals surface area contributed by atoms with Crippen molar-refractivity contribution < 1.29 is 4.74 Å². The maximum absolute atomic E-state index is 8.43. The van der Waals surface area contributed by atoms with Gasteiger partial charge in [-0.3, -0.25) is 0 Å². The molecule has 1 fully saturated rings. The van der Waals surface area contributed by atoms with Gasteiger partial charge in [0, 0.05) is 5.56 Å². The van der Waals surface area contributed by atoms with Crippen LogP contribution in [0.1, 0.15) is 18.1 Å². The van der Waals surface area contributed by atoms with E-state index in [0.29, 0.717) is 12.5 Å². The second kappa shape index (κ2) is 2.96. The fourth-order valence-corrected chi connectivity index (χ4v) is 1.37. The molecule has 2 heteroatoms. The second-order valence-electron chi connectivity index (χ2n) is 2.93. The molecule has 1 saturated heterocycles. The zero-order valence-electron chi connectivity index (χ0n) is 6.64. The lowest BCUT2D eigenvalue weighted by atomic mass is 10.1. The molecule has 0 bridgehead atoms. The van der Waals surface area contributed by atoms with Gasteiger partial charge in [-0.1, -0.05) is 30.3 Å². The Morgan fingerprint density at radius 3 is 2.75 bits per heavy atom. The summed E-state index contributed by atoms with van der Waals surface area (Å²) in [6.45, 7) is 0. The van der Waals surface area contributed by atoms with Crippen LogP contribution in [0.15, 0.2) is 30.3 Å². The summed E-state index contributed by atoms with van der Waals surface area (Å²) in [5.74, 6) is 0. The Morgan fingerprint density at radius 1 is 1.33 bits per heavy atom. The van der Waals surface area contributed by atoms with Crippen LogP contribution in [0.25, 0.3) is 0 Å². The second-order valence-corrected chi connectivity index (χ2v) is 2.93. The van der Waals surface area contributed by atoms with E-state index in [2.05, 4.69) is 22.9 Å². The average Bonchev–Trinajstić information content (AvgIpc) is 2.87. The molecule has 2 atom stereocenters. The molecule has 12 heavy (non-hydrogen) atoms. The van der Waals surface area contributed by atoms with Crippen LogP contribution in [0, 0.1) is 11.3 Å². The van der Waals surface area contributed by atoms with Crippen LogP contribution in [0.4, 0.5) is 0 Å². The van der Waals surface area contributed by atoms with Crippen LogP contribution >= 0.6 is 0 Å². The summed E-state index contributed by atoms with van der Waals surface area (Å²) in [5.41, 5.74) is 1.23. The maximum atomic E-state index is 8.43. The number of nitrogens with zero attached hydrogens (tertiary/aromatic N) is 1. The lowest BCUT2D eigenvalue weighted by Gasteiger charge is -1.86. The van der Waals surface area contributed by atoms with Crippen LogP contribution in [-0.2, 0) is 0 Å². The summed E-state index contributed by atoms with van der Waals surface area (Å²) in [4.78, 5) is 0. The highest BCUT2D eigenvalue weighted by atomic mass is 16.6. The number of aliphatic hydroxyl groups is 2. The van der Waals surface area contributed by atoms with Crippen LogP contribution in [0.5, 0.6) is 0 Å². The van der Waals surface area contributed by atoms with Gasteiger partial charge >= 0.3 is 0 Å². The molecule has 2 unspecified atom stereocenters. The third-order valence-corrected chi connectivity index (χ3v) is 2.07. The summed E-state index contributed by atoms with van der Waals surface area (Å²) < 4.78 is 4.29. The molecule has 0 radical (unpaired) electrons. The standard InChI is InChI=1S/C10H9NO/c11-7-6-9-10(12-9)8-4-2-1-3-5-8/h1-5,9-10H,6H2/p+1. The van der Waals surface area contributed by atoms with Gasteiger partial charge in [0.25, 0.3) is 6.10 Å². The van der Waals surface area contributed by atoms with E-state index < -0.39 is 0 Å². The van der Waals surface area contributed by atoms with Crippen molar-refractivity contribution in [3.8, 4) is 6.07 Å². The minimum absolute atomic E-state index is 0.261. The normalized spacial score (nSPS) is 26.2. The van der Waals surface area contributed by atoms with Crippen LogP contribution in [-0.4, -0.2) is 10.8 Å². The average molecular weight is 160 g/mol. The summed E-state index contributed by atoms with van der Waals surface area (Å²) in [6.07, 6.45) is 1.11. The number of benzene rings is 1. The van der Waals surface area contributed by atoms with E-state index in [-0.39, 0.29) is 6.10 Å². The van der Waals surface area contributed by atoms with Gasteiger partial charge in [0.1, 0.15) is 6.42 Å². The Kier molecular flexibility index (Phi) is 1.81. The number of hydrogen-bond acceptors (Lipinski definition) is 1. The van der Waals surface area contributed by atoms with E-state index >= 15 is 0 Å². The Labute approximate surface area is 71.4 Å². The van der Waals surface area contributed by atoms with Crippen molar-refractivity contribution in [2.75, 3.05) is 0 Å². The zero-order valence-corrected chi connectivity index (χ0v) is 6.64. The molecule has 1 heterocycles. The lowest BCUT2D eigenvalue weighted by Crippen LogP contribution is -1.85. The fraction of sp³-hybridized carbons (Fsp3) is 0.300. The summed E-state index contributed by atoms with van der Waals surface area (Å²) in [6, 6.07) is 12.3. The molecular formula is C10H10NO+. The first kappa shape index (κ1) is 7.33. The van der Waals surface area contributed by atoms with Crippen molar-refractivity contribution in [2.24, 2.45) is 0 Å². The number of hydrogen-bond donors (Lipinski definition) is 0. The maximum Gasteiger partial charge on any atom is 0.254 e. The third kappa shape index (κ3) is 1.32. The zero-order chi connectivity index (χ0) is 8.39. The molecule has 0 aromatic heterocycles. The van der Waals surface area contributed by atoms with E-state index in [1.807, 2.05) is 18.2 Å². The molecule has 0 spiro atoms. The molecule has 0 amide bonds. The number of nitriles is 1. The SMILES string of the molecule is N#CCC1[OH+]C1c1ccccc1. The molecule has 60 valence electrons. The smallest absolute Gasteiger partial charge is 0.254 e. The summed E-state index contributed by atoms with van der Waals surface area (Å²) in [7, 11) is 0. The van der Waals surface area contributed by atoms with Gasteiger partial charge in [0.15, 0.2) is 0 Å². The molecule has 2 nitrogen and oxygen atoms in total. The quantitative estimate of drug-likeness (QED) is 0.477. The van der Waals surface area contributed by atoms with Crippen molar-refractivity contribution in [3.63, 3.8) is 0 Å². The van der Waals surface area contributed by atoms with Gasteiger partial charge in [-0.05, 0) is 0 Å². The Morgan fingerprint density at radius 2 is 2.08 bits per heavy atom. The fourth-order valence-electron chi connectivity index (χ4n) is 1.37. The molecule has 2 rings (SSSR count). The predicted molar refractivity (Wildman–Crippen MR) is 45.4 cm³/mol.